The summed E-state index contributed by atoms with van der Waals surface area (Å²) >= 11 is 0. The van der Waals surface area contributed by atoms with Gasteiger partial charge < -0.3 is 25.8 Å². The van der Waals surface area contributed by atoms with Gasteiger partial charge in [-0.05, 0) is 147 Å². The van der Waals surface area contributed by atoms with Gasteiger partial charge in [0.05, 0.1) is 0 Å². The lowest BCUT2D eigenvalue weighted by Crippen LogP contribution is -2.09. The van der Waals surface area contributed by atoms with Crippen LogP contribution in [-0.4, -0.2) is 24.3 Å². The Hall–Kier alpha value is -6.97. The topological polar surface area (TPSA) is 134 Å². The van der Waals surface area contributed by atoms with Crippen molar-refractivity contribution in [1.82, 2.24) is 19.1 Å². The van der Waals surface area contributed by atoms with E-state index in [9.17, 15) is 0 Å². The van der Waals surface area contributed by atoms with Gasteiger partial charge in [-0.2, -0.15) is 0 Å². The lowest BCUT2D eigenvalue weighted by atomic mass is 9.95. The van der Waals surface area contributed by atoms with Gasteiger partial charge in [-0.25, -0.2) is 15.9 Å². The number of anilines is 2. The number of nitrogen functional groups attached to an aromatic ring is 2. The van der Waals surface area contributed by atoms with Crippen LogP contribution in [-0.2, 0) is 0 Å². The molecule has 0 saturated carbocycles. The van der Waals surface area contributed by atoms with E-state index >= 15 is 0 Å². The van der Waals surface area contributed by atoms with Crippen molar-refractivity contribution in [2.45, 2.75) is 41.5 Å². The Kier molecular flexibility index (Phi) is 15.4. The van der Waals surface area contributed by atoms with Crippen molar-refractivity contribution in [2.24, 2.45) is 5.90 Å². The molecule has 0 aliphatic carbocycles. The molecular weight excluding hydrogens is 774 g/mol. The van der Waals surface area contributed by atoms with Crippen molar-refractivity contribution >= 4 is 47.3 Å². The molecule has 7 N–H and O–H groups in total. The number of nitrogens with zero attached hydrogens (tertiary/aromatic N) is 4. The van der Waals surface area contributed by atoms with Gasteiger partial charge >= 0.3 is 0 Å². The molecule has 310 valence electrons. The minimum Gasteiger partial charge on any atom is -0.384 e. The Morgan fingerprint density at radius 3 is 1.15 bits per heavy atom. The van der Waals surface area contributed by atoms with Crippen LogP contribution in [0.25, 0.3) is 34.9 Å². The molecule has 0 radical (unpaired) electrons. The average Bonchev–Trinajstić information content (AvgIpc) is 3.77. The van der Waals surface area contributed by atoms with Crippen molar-refractivity contribution in [1.29, 1.82) is 0 Å². The molecule has 61 heavy (non-hydrogen) atoms. The van der Waals surface area contributed by atoms with Gasteiger partial charge in [0.25, 0.3) is 0 Å². The molecule has 0 fully saturated rings. The monoisotopic (exact) mass is 827 g/mol. The first-order chi connectivity index (χ1) is 29.0. The fourth-order valence-corrected chi connectivity index (χ4v) is 7.40. The molecule has 0 unspecified atom stereocenters. The molecule has 0 aliphatic rings. The van der Waals surface area contributed by atoms with E-state index in [1.807, 2.05) is 30.3 Å². The number of nitrogens with two attached hydrogens (primary N) is 3. The summed E-state index contributed by atoms with van der Waals surface area (Å²) in [5.41, 5.74) is 27.8. The zero-order valence-corrected chi connectivity index (χ0v) is 36.4. The number of halogens is 1. The first-order valence-corrected chi connectivity index (χ1v) is 19.8. The van der Waals surface area contributed by atoms with Crippen LogP contribution in [0.1, 0.15) is 67.3 Å². The number of aromatic nitrogens is 4. The number of aryl methyl sites for hydroxylation is 6. The van der Waals surface area contributed by atoms with Gasteiger partial charge in [0.1, 0.15) is 23.3 Å². The Morgan fingerprint density at radius 1 is 0.426 bits per heavy atom. The molecule has 0 spiro atoms. The molecule has 8 rings (SSSR count). The molecule has 4 aromatic carbocycles. The van der Waals surface area contributed by atoms with Crippen LogP contribution >= 0.6 is 12.4 Å². The molecule has 4 heterocycles. The highest BCUT2D eigenvalue weighted by molar-refractivity contribution is 5.93. The zero-order valence-electron chi connectivity index (χ0n) is 35.5. The van der Waals surface area contributed by atoms with E-state index in [4.69, 9.17) is 21.7 Å². The summed E-state index contributed by atoms with van der Waals surface area (Å²) in [5.74, 6) is 6.20. The summed E-state index contributed by atoms with van der Waals surface area (Å²) in [6, 6.07) is 54.6. The Labute approximate surface area is 365 Å². The standard InChI is InChI=1S/C32H31N3.C20H19N3.ClH.H3NO/c1-22-10-9-13-28(18-22)30(19-27-11-7-6-8-12-27)29-20-31(34-23(2)14-15-24(34)3)33-32(21-29)35-25(4)16-17-26(35)5;1-14-6-5-9-16(10-14)18(11-15-7-3-2-4-8-15)17-12-19(21)23-20(22)13-17;;1-2/h6-21H,1-5H3;2-13H,1H3,(H4,21,22,23);1H;2H,1H2. The van der Waals surface area contributed by atoms with Crippen LogP contribution in [0.4, 0.5) is 11.6 Å². The first kappa shape index (κ1) is 45.1. The third-order valence-electron chi connectivity index (χ3n) is 10.2. The SMILES string of the molecule is Cc1cccc(C(=Cc2ccccc2)c2cc(-n3c(C)ccc3C)nc(-n3c(C)ccc3C)c2)c1.Cc1cccc(C(=Cc2ccccc2)c2cc(N)nc(N)c2)c1.Cl.NO. The summed E-state index contributed by atoms with van der Waals surface area (Å²) in [6.45, 7) is 12.8. The molecule has 8 aromatic rings. The predicted octanol–water partition coefficient (Wildman–Crippen LogP) is 11.7. The maximum Gasteiger partial charge on any atom is 0.140 e. The maximum absolute atomic E-state index is 6.50. The van der Waals surface area contributed by atoms with E-state index in [1.54, 1.807) is 0 Å². The van der Waals surface area contributed by atoms with Gasteiger partial charge in [0.15, 0.2) is 0 Å². The Bertz CT molecular complexity index is 2640. The van der Waals surface area contributed by atoms with Crippen molar-refractivity contribution in [2.75, 3.05) is 11.5 Å². The van der Waals surface area contributed by atoms with E-state index in [-0.39, 0.29) is 12.4 Å². The van der Waals surface area contributed by atoms with E-state index in [1.165, 1.54) is 50.6 Å². The van der Waals surface area contributed by atoms with Crippen LogP contribution in [0, 0.1) is 41.5 Å². The first-order valence-electron chi connectivity index (χ1n) is 19.8. The number of hydrogen-bond acceptors (Lipinski definition) is 6. The van der Waals surface area contributed by atoms with Crippen LogP contribution in [0.15, 0.2) is 158 Å². The Morgan fingerprint density at radius 2 is 0.787 bits per heavy atom. The lowest BCUT2D eigenvalue weighted by molar-refractivity contribution is 0.311. The van der Waals surface area contributed by atoms with Crippen molar-refractivity contribution in [3.8, 4) is 11.6 Å². The smallest absolute Gasteiger partial charge is 0.140 e. The lowest BCUT2D eigenvalue weighted by Gasteiger charge is -2.18. The van der Waals surface area contributed by atoms with E-state index < -0.39 is 0 Å². The molecule has 0 saturated heterocycles. The second-order valence-corrected chi connectivity index (χ2v) is 14.9. The van der Waals surface area contributed by atoms with Gasteiger partial charge in [0.2, 0.25) is 0 Å². The highest BCUT2D eigenvalue weighted by atomic mass is 35.5. The molecule has 9 heteroatoms. The average molecular weight is 829 g/mol. The highest BCUT2D eigenvalue weighted by Crippen LogP contribution is 2.32. The summed E-state index contributed by atoms with van der Waals surface area (Å²) in [4.78, 5) is 9.22. The Balaban J connectivity index is 0.000000236. The minimum absolute atomic E-state index is 0. The number of rotatable bonds is 8. The van der Waals surface area contributed by atoms with Crippen LogP contribution in [0.3, 0.4) is 0 Å². The van der Waals surface area contributed by atoms with E-state index in [0.29, 0.717) is 11.6 Å². The molecule has 8 nitrogen and oxygen atoms in total. The number of hydrogen-bond donors (Lipinski definition) is 4. The second-order valence-electron chi connectivity index (χ2n) is 14.9. The highest BCUT2D eigenvalue weighted by Gasteiger charge is 2.16. The largest absolute Gasteiger partial charge is 0.384 e. The summed E-state index contributed by atoms with van der Waals surface area (Å²) in [6.07, 6.45) is 4.42. The minimum atomic E-state index is 0. The molecular formula is C52H54ClN7O. The van der Waals surface area contributed by atoms with E-state index in [0.717, 1.165) is 39.5 Å². The zero-order chi connectivity index (χ0) is 42.8. The predicted molar refractivity (Wildman–Crippen MR) is 257 cm³/mol. The molecule has 4 aromatic heterocycles. The van der Waals surface area contributed by atoms with Crippen LogP contribution in [0.2, 0.25) is 0 Å². The summed E-state index contributed by atoms with van der Waals surface area (Å²) < 4.78 is 4.47. The van der Waals surface area contributed by atoms with E-state index in [2.05, 4.69) is 201 Å². The molecule has 0 aliphatic heterocycles. The quantitative estimate of drug-likeness (QED) is 0.0890. The number of benzene rings is 4. The maximum atomic E-state index is 6.50. The van der Waals surface area contributed by atoms with Gasteiger partial charge in [-0.1, -0.05) is 120 Å². The summed E-state index contributed by atoms with van der Waals surface area (Å²) in [7, 11) is 0. The van der Waals surface area contributed by atoms with Gasteiger partial charge in [0, 0.05) is 22.8 Å². The second kappa shape index (κ2) is 20.8. The van der Waals surface area contributed by atoms with Gasteiger partial charge in [-0.15, -0.1) is 12.4 Å². The fraction of sp³-hybridized carbons (Fsp3) is 0.115. The van der Waals surface area contributed by atoms with Gasteiger partial charge in [-0.3, -0.25) is 0 Å². The molecule has 0 bridgehead atoms. The van der Waals surface area contributed by atoms with Crippen LogP contribution < -0.4 is 17.4 Å². The fourth-order valence-electron chi connectivity index (χ4n) is 7.40. The van der Waals surface area contributed by atoms with Crippen molar-refractivity contribution < 1.29 is 5.21 Å². The molecule has 0 amide bonds. The van der Waals surface area contributed by atoms with Crippen LogP contribution in [0.5, 0.6) is 0 Å². The van der Waals surface area contributed by atoms with Crippen molar-refractivity contribution in [3.63, 3.8) is 0 Å². The van der Waals surface area contributed by atoms with Crippen molar-refractivity contribution in [3.05, 3.63) is 225 Å². The number of pyridine rings is 2. The normalized spacial score (nSPS) is 11.1. The third kappa shape index (κ3) is 11.2. The molecule has 0 atom stereocenters. The summed E-state index contributed by atoms with van der Waals surface area (Å²) in [5, 5.41) is 6.50. The third-order valence-corrected chi connectivity index (χ3v) is 10.2.